The van der Waals surface area contributed by atoms with Crippen LogP contribution in [0.3, 0.4) is 0 Å². The summed E-state index contributed by atoms with van der Waals surface area (Å²) in [5.41, 5.74) is -0.167. The fourth-order valence-corrected chi connectivity index (χ4v) is 3.23. The Bertz CT molecular complexity index is 712. The number of rotatable bonds is 9. The number of aliphatic hydroxyl groups is 1. The number of carbonyl (C=O) groups is 1. The van der Waals surface area contributed by atoms with Gasteiger partial charge < -0.3 is 19.3 Å². The Morgan fingerprint density at radius 3 is 2.55 bits per heavy atom. The maximum Gasteiger partial charge on any atom is 0.416 e. The van der Waals surface area contributed by atoms with E-state index < -0.39 is 29.9 Å². The van der Waals surface area contributed by atoms with E-state index in [1.807, 2.05) is 0 Å². The molecule has 160 valence electrons. The number of halogens is 3. The monoisotopic (exact) mass is 414 g/mol. The zero-order valence-electron chi connectivity index (χ0n) is 16.2. The minimum Gasteiger partial charge on any atom is -0.457 e. The van der Waals surface area contributed by atoms with Crippen molar-refractivity contribution in [1.29, 1.82) is 0 Å². The molecule has 1 aromatic carbocycles. The second-order valence-electron chi connectivity index (χ2n) is 6.53. The number of alkyl halides is 3. The molecule has 0 radical (unpaired) electrons. The Hall–Kier alpha value is -2.32. The van der Waals surface area contributed by atoms with Crippen LogP contribution in [-0.2, 0) is 25.2 Å². The molecule has 1 aromatic rings. The average molecular weight is 414 g/mol. The lowest BCUT2D eigenvalue weighted by atomic mass is 9.80. The highest BCUT2D eigenvalue weighted by molar-refractivity contribution is 5.86. The molecule has 0 saturated heterocycles. The summed E-state index contributed by atoms with van der Waals surface area (Å²) in [5, 5.41) is 9.23. The Balaban J connectivity index is 2.41. The lowest BCUT2D eigenvalue weighted by Crippen LogP contribution is -2.36. The second kappa shape index (κ2) is 10.5. The third kappa shape index (κ3) is 6.08. The molecule has 1 N–H and O–H groups in total. The maximum absolute atomic E-state index is 12.9. The average Bonchev–Trinajstić information content (AvgIpc) is 2.70. The van der Waals surface area contributed by atoms with Crippen molar-refractivity contribution < 1.29 is 37.3 Å². The van der Waals surface area contributed by atoms with Gasteiger partial charge in [-0.3, -0.25) is 0 Å². The van der Waals surface area contributed by atoms with Crippen LogP contribution in [0.5, 0.6) is 0 Å². The van der Waals surface area contributed by atoms with Gasteiger partial charge in [-0.25, -0.2) is 4.79 Å². The normalized spacial score (nSPS) is 21.8. The quantitative estimate of drug-likeness (QED) is 0.485. The molecule has 5 nitrogen and oxygen atoms in total. The highest BCUT2D eigenvalue weighted by Crippen LogP contribution is 2.40. The van der Waals surface area contributed by atoms with Gasteiger partial charge >= 0.3 is 12.1 Å². The summed E-state index contributed by atoms with van der Waals surface area (Å²) < 4.78 is 55.1. The van der Waals surface area contributed by atoms with Crippen molar-refractivity contribution in [2.45, 2.75) is 38.1 Å². The van der Waals surface area contributed by atoms with Gasteiger partial charge in [0.05, 0.1) is 5.56 Å². The molecule has 2 rings (SSSR count). The van der Waals surface area contributed by atoms with Crippen LogP contribution in [0.25, 0.3) is 0 Å². The molecule has 1 heterocycles. The molecule has 8 heteroatoms. The summed E-state index contributed by atoms with van der Waals surface area (Å²) in [7, 11) is 0. The molecule has 29 heavy (non-hydrogen) atoms. The lowest BCUT2D eigenvalue weighted by Gasteiger charge is -2.36. The van der Waals surface area contributed by atoms with Gasteiger partial charge in [-0.05, 0) is 43.5 Å². The summed E-state index contributed by atoms with van der Waals surface area (Å²) in [4.78, 5) is 12.3. The van der Waals surface area contributed by atoms with Gasteiger partial charge in [0.15, 0.2) is 0 Å². The van der Waals surface area contributed by atoms with Crippen molar-refractivity contribution in [3.05, 3.63) is 59.9 Å². The first-order chi connectivity index (χ1) is 13.8. The summed E-state index contributed by atoms with van der Waals surface area (Å²) in [6.45, 7) is 5.52. The Morgan fingerprint density at radius 1 is 1.31 bits per heavy atom. The number of ether oxygens (including phenoxy) is 3. The van der Waals surface area contributed by atoms with Gasteiger partial charge in [0.1, 0.15) is 6.61 Å². The zero-order valence-corrected chi connectivity index (χ0v) is 16.2. The van der Waals surface area contributed by atoms with Crippen molar-refractivity contribution >= 4 is 5.97 Å². The maximum atomic E-state index is 12.9. The molecule has 0 saturated carbocycles. The number of carbonyl (C=O) groups excluding carboxylic acids is 1. The standard InChI is InChI=1S/C21H25F3O5/c1-3-12-28-19(26)18-13-17(14-7-9-15(10-8-14)21(22,23)24)16(6-5-11-25)20(29-18)27-4-2/h3,7-10,13,16-17,20,25H,1,4-6,11-12H2,2H3/t16-,17+,20+/m1/s1. The first kappa shape index (κ1) is 23.0. The predicted molar refractivity (Wildman–Crippen MR) is 99.7 cm³/mol. The highest BCUT2D eigenvalue weighted by atomic mass is 19.4. The van der Waals surface area contributed by atoms with Gasteiger partial charge in [0, 0.05) is 25.0 Å². The molecule has 1 aliphatic rings. The summed E-state index contributed by atoms with van der Waals surface area (Å²) in [6.07, 6.45) is -1.31. The van der Waals surface area contributed by atoms with Gasteiger partial charge in [0.2, 0.25) is 12.0 Å². The number of allylic oxidation sites excluding steroid dienone is 1. The molecule has 0 aromatic heterocycles. The third-order valence-electron chi connectivity index (χ3n) is 4.57. The number of hydrogen-bond donors (Lipinski definition) is 1. The fraction of sp³-hybridized carbons (Fsp3) is 0.476. The van der Waals surface area contributed by atoms with Crippen LogP contribution in [0.1, 0.15) is 36.8 Å². The Morgan fingerprint density at radius 2 is 2.00 bits per heavy atom. The minimum absolute atomic E-state index is 0.00226. The molecule has 0 spiro atoms. The molecule has 0 unspecified atom stereocenters. The van der Waals surface area contributed by atoms with Crippen LogP contribution in [-0.4, -0.2) is 37.2 Å². The van der Waals surface area contributed by atoms with Crippen LogP contribution in [0.15, 0.2) is 48.8 Å². The van der Waals surface area contributed by atoms with E-state index in [1.54, 1.807) is 13.0 Å². The molecule has 0 fully saturated rings. The lowest BCUT2D eigenvalue weighted by molar-refractivity contribution is -0.175. The van der Waals surface area contributed by atoms with E-state index in [-0.39, 0.29) is 24.9 Å². The van der Waals surface area contributed by atoms with Crippen LogP contribution in [0.4, 0.5) is 13.2 Å². The zero-order chi connectivity index (χ0) is 21.4. The third-order valence-corrected chi connectivity index (χ3v) is 4.57. The van der Waals surface area contributed by atoms with E-state index >= 15 is 0 Å². The predicted octanol–water partition coefficient (Wildman–Crippen LogP) is 4.18. The van der Waals surface area contributed by atoms with Crippen LogP contribution < -0.4 is 0 Å². The Kier molecular flexibility index (Phi) is 8.28. The number of esters is 1. The fourth-order valence-electron chi connectivity index (χ4n) is 3.23. The van der Waals surface area contributed by atoms with E-state index in [2.05, 4.69) is 6.58 Å². The first-order valence-electron chi connectivity index (χ1n) is 9.37. The van der Waals surface area contributed by atoms with Crippen molar-refractivity contribution in [2.24, 2.45) is 5.92 Å². The number of aliphatic hydroxyl groups excluding tert-OH is 1. The second-order valence-corrected chi connectivity index (χ2v) is 6.53. The van der Waals surface area contributed by atoms with Crippen LogP contribution in [0.2, 0.25) is 0 Å². The van der Waals surface area contributed by atoms with E-state index in [1.165, 1.54) is 18.2 Å². The highest BCUT2D eigenvalue weighted by Gasteiger charge is 2.38. The van der Waals surface area contributed by atoms with Crippen molar-refractivity contribution in [1.82, 2.24) is 0 Å². The topological polar surface area (TPSA) is 65.0 Å². The molecule has 0 bridgehead atoms. The van der Waals surface area contributed by atoms with E-state index in [9.17, 15) is 23.1 Å². The smallest absolute Gasteiger partial charge is 0.416 e. The van der Waals surface area contributed by atoms with Crippen LogP contribution >= 0.6 is 0 Å². The van der Waals surface area contributed by atoms with E-state index in [0.717, 1.165) is 12.1 Å². The van der Waals surface area contributed by atoms with E-state index in [0.29, 0.717) is 25.0 Å². The number of benzene rings is 1. The Labute approximate surface area is 167 Å². The van der Waals surface area contributed by atoms with E-state index in [4.69, 9.17) is 14.2 Å². The van der Waals surface area contributed by atoms with Gasteiger partial charge in [0.25, 0.3) is 0 Å². The summed E-state index contributed by atoms with van der Waals surface area (Å²) >= 11 is 0. The molecule has 0 aliphatic carbocycles. The molecular weight excluding hydrogens is 389 g/mol. The largest absolute Gasteiger partial charge is 0.457 e. The van der Waals surface area contributed by atoms with Gasteiger partial charge in [-0.15, -0.1) is 0 Å². The molecule has 1 aliphatic heterocycles. The summed E-state index contributed by atoms with van der Waals surface area (Å²) in [6, 6.07) is 4.79. The molecular formula is C21H25F3O5. The minimum atomic E-state index is -4.44. The molecule has 3 atom stereocenters. The molecule has 0 amide bonds. The van der Waals surface area contributed by atoms with Gasteiger partial charge in [-0.2, -0.15) is 13.2 Å². The van der Waals surface area contributed by atoms with Gasteiger partial charge in [-0.1, -0.05) is 24.8 Å². The summed E-state index contributed by atoms with van der Waals surface area (Å²) in [5.74, 6) is -1.50. The number of hydrogen-bond acceptors (Lipinski definition) is 5. The van der Waals surface area contributed by atoms with Crippen molar-refractivity contribution in [3.8, 4) is 0 Å². The van der Waals surface area contributed by atoms with Crippen molar-refractivity contribution in [2.75, 3.05) is 19.8 Å². The van der Waals surface area contributed by atoms with Crippen molar-refractivity contribution in [3.63, 3.8) is 0 Å². The SMILES string of the molecule is C=CCOC(=O)C1=C[C@@H](c2ccc(C(F)(F)F)cc2)[C@@H](CCCO)[C@@H](OCC)O1. The first-order valence-corrected chi connectivity index (χ1v) is 9.37. The van der Waals surface area contributed by atoms with Crippen LogP contribution in [0, 0.1) is 5.92 Å².